The van der Waals surface area contributed by atoms with E-state index < -0.39 is 18.5 Å². The third-order valence-corrected chi connectivity index (χ3v) is 4.71. The largest absolute Gasteiger partial charge is 0.463 e. The summed E-state index contributed by atoms with van der Waals surface area (Å²) in [6, 6.07) is 15.1. The van der Waals surface area contributed by atoms with E-state index in [9.17, 15) is 9.59 Å². The summed E-state index contributed by atoms with van der Waals surface area (Å²) in [5.41, 5.74) is 2.82. The van der Waals surface area contributed by atoms with E-state index in [0.717, 1.165) is 0 Å². The van der Waals surface area contributed by atoms with Crippen molar-refractivity contribution < 1.29 is 23.2 Å². The Hall–Kier alpha value is -4.79. The number of anilines is 1. The summed E-state index contributed by atoms with van der Waals surface area (Å²) in [6.45, 7) is -0.431. The zero-order valence-electron chi connectivity index (χ0n) is 17.1. The fourth-order valence-corrected chi connectivity index (χ4v) is 3.20. The van der Waals surface area contributed by atoms with Gasteiger partial charge in [0.1, 0.15) is 11.4 Å². The summed E-state index contributed by atoms with van der Waals surface area (Å²) in [4.78, 5) is 37.7. The summed E-state index contributed by atoms with van der Waals surface area (Å²) < 4.78 is 16.2. The molecule has 0 aliphatic carbocycles. The summed E-state index contributed by atoms with van der Waals surface area (Å²) in [6.07, 6.45) is 6.19. The summed E-state index contributed by atoms with van der Waals surface area (Å²) >= 11 is 0. The molecule has 4 aromatic heterocycles. The van der Waals surface area contributed by atoms with Crippen LogP contribution in [0.3, 0.4) is 0 Å². The Labute approximate surface area is 187 Å². The van der Waals surface area contributed by atoms with Crippen molar-refractivity contribution >= 4 is 28.6 Å². The fraction of sp³-hybridized carbons (Fsp3) is 0.0417. The number of aromatic nitrogens is 3. The highest BCUT2D eigenvalue weighted by molar-refractivity contribution is 5.97. The van der Waals surface area contributed by atoms with Gasteiger partial charge in [0, 0.05) is 18.1 Å². The molecule has 0 aliphatic heterocycles. The molecule has 0 aliphatic rings. The number of ether oxygens (including phenoxy) is 1. The molecule has 162 valence electrons. The number of hydrogen-bond donors (Lipinski definition) is 1. The monoisotopic (exact) mass is 440 g/mol. The van der Waals surface area contributed by atoms with Gasteiger partial charge in [-0.05, 0) is 54.6 Å². The number of fused-ring (bicyclic) bond motifs is 1. The second-order valence-electron chi connectivity index (χ2n) is 6.94. The van der Waals surface area contributed by atoms with E-state index in [-0.39, 0.29) is 5.56 Å². The highest BCUT2D eigenvalue weighted by atomic mass is 16.5. The van der Waals surface area contributed by atoms with Gasteiger partial charge in [0.05, 0.1) is 29.1 Å². The third-order valence-electron chi connectivity index (χ3n) is 4.71. The molecule has 0 radical (unpaired) electrons. The van der Waals surface area contributed by atoms with Crippen molar-refractivity contribution in [3.05, 3.63) is 85.1 Å². The number of amides is 1. The zero-order chi connectivity index (χ0) is 22.6. The van der Waals surface area contributed by atoms with Crippen molar-refractivity contribution in [1.82, 2.24) is 15.0 Å². The van der Waals surface area contributed by atoms with Crippen LogP contribution < -0.4 is 5.32 Å². The Balaban J connectivity index is 1.39. The lowest BCUT2D eigenvalue weighted by Gasteiger charge is -2.09. The highest BCUT2D eigenvalue weighted by Gasteiger charge is 2.18. The molecule has 5 aromatic rings. The number of hydrogen-bond acceptors (Lipinski definition) is 8. The van der Waals surface area contributed by atoms with Crippen molar-refractivity contribution in [3.8, 4) is 22.9 Å². The molecule has 0 saturated carbocycles. The van der Waals surface area contributed by atoms with Crippen molar-refractivity contribution in [3.63, 3.8) is 0 Å². The van der Waals surface area contributed by atoms with E-state index in [2.05, 4.69) is 20.3 Å². The number of carbonyl (C=O) groups excluding carboxylic acids is 2. The molecule has 0 bridgehead atoms. The maximum Gasteiger partial charge on any atom is 0.338 e. The summed E-state index contributed by atoms with van der Waals surface area (Å²) in [5.74, 6) is -0.0624. The molecule has 0 saturated heterocycles. The van der Waals surface area contributed by atoms with Gasteiger partial charge in [-0.3, -0.25) is 9.78 Å². The topological polar surface area (TPSA) is 120 Å². The quantitative estimate of drug-likeness (QED) is 0.387. The summed E-state index contributed by atoms with van der Waals surface area (Å²) in [5, 5.41) is 2.62. The lowest BCUT2D eigenvalue weighted by Crippen LogP contribution is -2.20. The first-order chi connectivity index (χ1) is 16.2. The van der Waals surface area contributed by atoms with Crippen LogP contribution in [0, 0.1) is 0 Å². The molecule has 33 heavy (non-hydrogen) atoms. The van der Waals surface area contributed by atoms with Crippen LogP contribution in [-0.4, -0.2) is 33.4 Å². The zero-order valence-corrected chi connectivity index (χ0v) is 17.1. The molecule has 1 N–H and O–H groups in total. The highest BCUT2D eigenvalue weighted by Crippen LogP contribution is 2.31. The molecule has 9 heteroatoms. The second-order valence-corrected chi connectivity index (χ2v) is 6.94. The number of nitrogens with zero attached hydrogens (tertiary/aromatic N) is 3. The number of pyridine rings is 1. The predicted molar refractivity (Wildman–Crippen MR) is 118 cm³/mol. The normalized spacial score (nSPS) is 10.8. The molecule has 1 amide bonds. The minimum atomic E-state index is -0.654. The van der Waals surface area contributed by atoms with Gasteiger partial charge in [-0.15, -0.1) is 0 Å². The van der Waals surface area contributed by atoms with Crippen LogP contribution in [0.1, 0.15) is 10.4 Å². The van der Waals surface area contributed by atoms with Gasteiger partial charge in [-0.25, -0.2) is 14.8 Å². The van der Waals surface area contributed by atoms with Gasteiger partial charge in [0.2, 0.25) is 0 Å². The van der Waals surface area contributed by atoms with Crippen LogP contribution in [0.5, 0.6) is 0 Å². The Bertz CT molecular complexity index is 1410. The van der Waals surface area contributed by atoms with Crippen LogP contribution in [0.15, 0.2) is 88.4 Å². The lowest BCUT2D eigenvalue weighted by atomic mass is 10.1. The van der Waals surface area contributed by atoms with Crippen LogP contribution in [0.2, 0.25) is 0 Å². The third kappa shape index (κ3) is 4.33. The number of esters is 1. The molecule has 0 spiro atoms. The van der Waals surface area contributed by atoms with Crippen molar-refractivity contribution in [2.45, 2.75) is 0 Å². The first-order valence-corrected chi connectivity index (χ1v) is 9.94. The van der Waals surface area contributed by atoms with Crippen LogP contribution >= 0.6 is 0 Å². The molecule has 0 atom stereocenters. The Morgan fingerprint density at radius 1 is 0.848 bits per heavy atom. The van der Waals surface area contributed by atoms with Gasteiger partial charge in [0.15, 0.2) is 18.1 Å². The minimum Gasteiger partial charge on any atom is -0.463 e. The molecule has 4 heterocycles. The van der Waals surface area contributed by atoms with Crippen LogP contribution in [0.25, 0.3) is 33.9 Å². The predicted octanol–water partition coefficient (Wildman–Crippen LogP) is 4.34. The van der Waals surface area contributed by atoms with E-state index in [0.29, 0.717) is 39.6 Å². The van der Waals surface area contributed by atoms with Crippen LogP contribution in [0.4, 0.5) is 5.69 Å². The van der Waals surface area contributed by atoms with Crippen molar-refractivity contribution in [1.29, 1.82) is 0 Å². The molecule has 0 unspecified atom stereocenters. The molecular weight excluding hydrogens is 424 g/mol. The minimum absolute atomic E-state index is 0.240. The van der Waals surface area contributed by atoms with Crippen LogP contribution in [-0.2, 0) is 9.53 Å². The fourth-order valence-electron chi connectivity index (χ4n) is 3.20. The van der Waals surface area contributed by atoms with Crippen molar-refractivity contribution in [2.24, 2.45) is 0 Å². The second kappa shape index (κ2) is 8.75. The first kappa shape index (κ1) is 20.1. The molecular formula is C24H16N4O5. The van der Waals surface area contributed by atoms with Gasteiger partial charge < -0.3 is 18.9 Å². The van der Waals surface area contributed by atoms with Gasteiger partial charge >= 0.3 is 5.97 Å². The average molecular weight is 440 g/mol. The number of benzene rings is 1. The smallest absolute Gasteiger partial charge is 0.338 e. The molecule has 9 nitrogen and oxygen atoms in total. The molecule has 5 rings (SSSR count). The lowest BCUT2D eigenvalue weighted by molar-refractivity contribution is -0.119. The van der Waals surface area contributed by atoms with Crippen molar-refractivity contribution in [2.75, 3.05) is 11.9 Å². The van der Waals surface area contributed by atoms with E-state index in [1.807, 2.05) is 0 Å². The Morgan fingerprint density at radius 2 is 1.52 bits per heavy atom. The van der Waals surface area contributed by atoms with Gasteiger partial charge in [0.25, 0.3) is 5.91 Å². The SMILES string of the molecule is O=C(COC(=O)c1ccc2nc(-c3ccco3)c(-c3ccco3)nc2c1)Nc1ccncc1. The standard InChI is InChI=1S/C24H16N4O5/c29-21(26-16-7-9-25-10-8-16)14-33-24(30)15-5-6-17-18(13-15)28-23(20-4-2-12-32-20)22(27-17)19-3-1-11-31-19/h1-13H,14H2,(H,25,26,29). The van der Waals surface area contributed by atoms with E-state index in [1.54, 1.807) is 73.3 Å². The van der Waals surface area contributed by atoms with E-state index >= 15 is 0 Å². The number of nitrogens with one attached hydrogen (secondary N) is 1. The summed E-state index contributed by atoms with van der Waals surface area (Å²) in [7, 11) is 0. The number of carbonyl (C=O) groups is 2. The van der Waals surface area contributed by atoms with E-state index in [1.165, 1.54) is 6.26 Å². The Morgan fingerprint density at radius 3 is 2.15 bits per heavy atom. The number of furan rings is 2. The molecule has 1 aromatic carbocycles. The maximum absolute atomic E-state index is 12.5. The Kier molecular flexibility index (Phi) is 5.34. The maximum atomic E-state index is 12.5. The van der Waals surface area contributed by atoms with E-state index in [4.69, 9.17) is 13.6 Å². The molecule has 0 fully saturated rings. The number of rotatable bonds is 6. The average Bonchev–Trinajstić information content (AvgIpc) is 3.57. The van der Waals surface area contributed by atoms with Gasteiger partial charge in [-0.2, -0.15) is 0 Å². The first-order valence-electron chi connectivity index (χ1n) is 9.94. The van der Waals surface area contributed by atoms with Gasteiger partial charge in [-0.1, -0.05) is 0 Å².